The molecular weight excluding hydrogens is 399 g/mol. The van der Waals surface area contributed by atoms with Crippen molar-refractivity contribution in [1.82, 2.24) is 5.32 Å². The monoisotopic (exact) mass is 422 g/mol. The molecule has 3 N–H and O–H groups in total. The van der Waals surface area contributed by atoms with Crippen molar-refractivity contribution in [2.24, 2.45) is 11.7 Å². The molecule has 0 bridgehead atoms. The lowest BCUT2D eigenvalue weighted by atomic mass is 10.0. The molecule has 10 heteroatoms. The van der Waals surface area contributed by atoms with E-state index < -0.39 is 53.6 Å². The number of hydrogen-bond acceptors (Lipinski definition) is 4. The Balaban J connectivity index is 2.07. The Morgan fingerprint density at radius 1 is 1.10 bits per heavy atom. The summed E-state index contributed by atoms with van der Waals surface area (Å²) in [5.41, 5.74) is 5.21. The van der Waals surface area contributed by atoms with E-state index in [1.165, 1.54) is 0 Å². The molecule has 1 amide bonds. The minimum absolute atomic E-state index is 0.0121. The summed E-state index contributed by atoms with van der Waals surface area (Å²) in [7, 11) is 0. The van der Waals surface area contributed by atoms with Crippen molar-refractivity contribution in [3.05, 3.63) is 29.3 Å². The second-order valence-corrected chi connectivity index (χ2v) is 7.01. The van der Waals surface area contributed by atoms with E-state index in [-0.39, 0.29) is 37.3 Å². The molecule has 1 aromatic rings. The highest BCUT2D eigenvalue weighted by molar-refractivity contribution is 5.90. The van der Waals surface area contributed by atoms with Gasteiger partial charge in [0.15, 0.2) is 23.2 Å². The highest BCUT2D eigenvalue weighted by atomic mass is 19.2. The Hall–Kier alpha value is -2.23. The first-order chi connectivity index (χ1) is 13.7. The fourth-order valence-electron chi connectivity index (χ4n) is 3.18. The van der Waals surface area contributed by atoms with Gasteiger partial charge in [-0.25, -0.2) is 13.2 Å². The van der Waals surface area contributed by atoms with Crippen LogP contribution in [0.4, 0.5) is 22.0 Å². The molecule has 0 aliphatic heterocycles. The number of halogens is 5. The highest BCUT2D eigenvalue weighted by Crippen LogP contribution is 2.27. The summed E-state index contributed by atoms with van der Waals surface area (Å²) in [5.74, 6) is -9.76. The Labute approximate surface area is 164 Å². The molecule has 1 aliphatic rings. The average Bonchev–Trinajstić information content (AvgIpc) is 3.24. The summed E-state index contributed by atoms with van der Waals surface area (Å²) in [6.07, 6.45) is 1.44. The van der Waals surface area contributed by atoms with Gasteiger partial charge in [0.05, 0.1) is 6.04 Å². The first kappa shape index (κ1) is 23.1. The molecule has 5 nitrogen and oxygen atoms in total. The van der Waals surface area contributed by atoms with Crippen LogP contribution in [-0.4, -0.2) is 37.1 Å². The smallest absolute Gasteiger partial charge is 0.223 e. The third-order valence-corrected chi connectivity index (χ3v) is 4.89. The van der Waals surface area contributed by atoms with Crippen LogP contribution in [0, 0.1) is 29.2 Å². The quantitative estimate of drug-likeness (QED) is 0.449. The number of alkyl halides is 1. The Morgan fingerprint density at radius 2 is 1.69 bits per heavy atom. The summed E-state index contributed by atoms with van der Waals surface area (Å²) in [5, 5.41) is 2.51. The number of rotatable bonds is 10. The molecule has 1 fully saturated rings. The van der Waals surface area contributed by atoms with Crippen molar-refractivity contribution in [3.8, 4) is 5.75 Å². The molecule has 162 valence electrons. The van der Waals surface area contributed by atoms with Crippen LogP contribution in [0.15, 0.2) is 6.07 Å². The lowest BCUT2D eigenvalue weighted by molar-refractivity contribution is -0.131. The molecular formula is C19H23F5N2O3. The van der Waals surface area contributed by atoms with Gasteiger partial charge in [0.2, 0.25) is 17.5 Å². The Morgan fingerprint density at radius 3 is 2.24 bits per heavy atom. The minimum Gasteiger partial charge on any atom is -0.479 e. The van der Waals surface area contributed by atoms with Crippen molar-refractivity contribution < 1.29 is 36.3 Å². The van der Waals surface area contributed by atoms with Crippen molar-refractivity contribution in [3.63, 3.8) is 0 Å². The van der Waals surface area contributed by atoms with Gasteiger partial charge in [-0.15, -0.1) is 0 Å². The lowest BCUT2D eigenvalue weighted by Gasteiger charge is -2.21. The van der Waals surface area contributed by atoms with Gasteiger partial charge in [0.25, 0.3) is 0 Å². The van der Waals surface area contributed by atoms with E-state index in [1.54, 1.807) is 0 Å². The number of benzene rings is 1. The SMILES string of the molecule is NCC(F)CCC(NC(=O)C1CCCC1)C(=O)COc1c(F)c(F)cc(F)c1F. The van der Waals surface area contributed by atoms with Crippen molar-refractivity contribution in [1.29, 1.82) is 0 Å². The molecule has 0 saturated heterocycles. The lowest BCUT2D eigenvalue weighted by Crippen LogP contribution is -2.45. The van der Waals surface area contributed by atoms with Gasteiger partial charge >= 0.3 is 0 Å². The van der Waals surface area contributed by atoms with Crippen LogP contribution in [-0.2, 0) is 9.59 Å². The van der Waals surface area contributed by atoms with Gasteiger partial charge in [0.1, 0.15) is 12.8 Å². The van der Waals surface area contributed by atoms with Crippen LogP contribution in [0.1, 0.15) is 38.5 Å². The summed E-state index contributed by atoms with van der Waals surface area (Å²) in [4.78, 5) is 24.7. The first-order valence-electron chi connectivity index (χ1n) is 9.37. The molecule has 2 unspecified atom stereocenters. The maximum Gasteiger partial charge on any atom is 0.223 e. The van der Waals surface area contributed by atoms with Crippen LogP contribution >= 0.6 is 0 Å². The van der Waals surface area contributed by atoms with Crippen LogP contribution in [0.2, 0.25) is 0 Å². The topological polar surface area (TPSA) is 81.4 Å². The maximum atomic E-state index is 13.7. The molecule has 29 heavy (non-hydrogen) atoms. The van der Waals surface area contributed by atoms with Crippen molar-refractivity contribution in [2.75, 3.05) is 13.2 Å². The van der Waals surface area contributed by atoms with Crippen LogP contribution in [0.5, 0.6) is 5.75 Å². The second kappa shape index (κ2) is 10.5. The molecule has 2 atom stereocenters. The molecule has 0 radical (unpaired) electrons. The average molecular weight is 422 g/mol. The molecule has 1 aliphatic carbocycles. The fourth-order valence-corrected chi connectivity index (χ4v) is 3.18. The molecule has 2 rings (SSSR count). The number of ether oxygens (including phenoxy) is 1. The number of amides is 1. The third kappa shape index (κ3) is 6.12. The van der Waals surface area contributed by atoms with E-state index in [1.807, 2.05) is 0 Å². The number of hydrogen-bond donors (Lipinski definition) is 2. The van der Waals surface area contributed by atoms with Crippen molar-refractivity contribution >= 4 is 11.7 Å². The number of ketones is 1. The molecule has 0 spiro atoms. The molecule has 1 saturated carbocycles. The van der Waals surface area contributed by atoms with Crippen LogP contribution in [0.3, 0.4) is 0 Å². The van der Waals surface area contributed by atoms with E-state index in [4.69, 9.17) is 5.73 Å². The summed E-state index contributed by atoms with van der Waals surface area (Å²) >= 11 is 0. The molecule has 0 heterocycles. The number of carbonyl (C=O) groups is 2. The van der Waals surface area contributed by atoms with Gasteiger partial charge in [-0.3, -0.25) is 9.59 Å². The van der Waals surface area contributed by atoms with E-state index in [0.717, 1.165) is 12.8 Å². The number of nitrogens with one attached hydrogen (secondary N) is 1. The van der Waals surface area contributed by atoms with E-state index in [0.29, 0.717) is 12.8 Å². The Kier molecular flexibility index (Phi) is 8.36. The van der Waals surface area contributed by atoms with Gasteiger partial charge in [-0.1, -0.05) is 12.8 Å². The van der Waals surface area contributed by atoms with Crippen molar-refractivity contribution in [2.45, 2.75) is 50.7 Å². The predicted octanol–water partition coefficient (Wildman–Crippen LogP) is 2.94. The second-order valence-electron chi connectivity index (χ2n) is 7.01. The zero-order chi connectivity index (χ0) is 21.6. The largest absolute Gasteiger partial charge is 0.479 e. The standard InChI is InChI=1S/C19H23F5N2O3/c20-11(8-25)5-6-14(26-19(28)10-3-1-2-4-10)15(27)9-29-18-16(23)12(21)7-13(22)17(18)24/h7,10-11,14H,1-6,8-9,25H2,(H,26,28). The van der Waals surface area contributed by atoms with Crippen LogP contribution < -0.4 is 15.8 Å². The first-order valence-corrected chi connectivity index (χ1v) is 9.37. The summed E-state index contributed by atoms with van der Waals surface area (Å²) < 4.78 is 71.9. The summed E-state index contributed by atoms with van der Waals surface area (Å²) in [6, 6.07) is -1.17. The highest BCUT2D eigenvalue weighted by Gasteiger charge is 2.29. The normalized spacial score (nSPS) is 16.5. The fraction of sp³-hybridized carbons (Fsp3) is 0.579. The van der Waals surface area contributed by atoms with Gasteiger partial charge < -0.3 is 15.8 Å². The number of Topliss-reactive ketones (excluding diaryl/α,β-unsaturated/α-hetero) is 1. The molecule has 1 aromatic carbocycles. The minimum atomic E-state index is -1.78. The van der Waals surface area contributed by atoms with E-state index in [2.05, 4.69) is 10.1 Å². The zero-order valence-corrected chi connectivity index (χ0v) is 15.7. The number of nitrogens with two attached hydrogens (primary N) is 1. The van der Waals surface area contributed by atoms with Gasteiger partial charge in [0, 0.05) is 18.5 Å². The predicted molar refractivity (Wildman–Crippen MR) is 93.8 cm³/mol. The zero-order valence-electron chi connectivity index (χ0n) is 15.7. The third-order valence-electron chi connectivity index (χ3n) is 4.89. The van der Waals surface area contributed by atoms with Crippen LogP contribution in [0.25, 0.3) is 0 Å². The summed E-state index contributed by atoms with van der Waals surface area (Å²) in [6.45, 7) is -1.24. The number of carbonyl (C=O) groups excluding carboxylic acids is 2. The van der Waals surface area contributed by atoms with E-state index in [9.17, 15) is 31.5 Å². The van der Waals surface area contributed by atoms with Gasteiger partial charge in [-0.2, -0.15) is 8.78 Å². The van der Waals surface area contributed by atoms with E-state index >= 15 is 0 Å². The van der Waals surface area contributed by atoms with Gasteiger partial charge in [-0.05, 0) is 25.7 Å². The maximum absolute atomic E-state index is 13.7. The Bertz CT molecular complexity index is 715. The molecule has 0 aromatic heterocycles.